The van der Waals surface area contributed by atoms with Gasteiger partial charge in [0.2, 0.25) is 0 Å². The Kier molecular flexibility index (Phi) is 10.3. The maximum atomic E-state index is 6.18. The van der Waals surface area contributed by atoms with Crippen LogP contribution in [0, 0.1) is 0 Å². The average Bonchev–Trinajstić information content (AvgIpc) is 4.32. The first kappa shape index (κ1) is 44.0. The molecule has 0 bridgehead atoms. The smallest absolute Gasteiger partial charge is 0.135 e. The van der Waals surface area contributed by atoms with Crippen LogP contribution >= 0.6 is 11.3 Å². The molecule has 15 rings (SSSR count). The molecule has 2 heterocycles. The number of rotatable bonds is 9. The average molecular weight is 986 g/mol. The highest BCUT2D eigenvalue weighted by Crippen LogP contribution is 2.59. The van der Waals surface area contributed by atoms with Crippen molar-refractivity contribution in [1.29, 1.82) is 0 Å². The number of benzene rings is 12. The number of hydrogen-bond acceptors (Lipinski definition) is 3. The first-order chi connectivity index (χ1) is 37.7. The van der Waals surface area contributed by atoms with E-state index in [2.05, 4.69) is 278 Å². The molecule has 0 aliphatic heterocycles. The van der Waals surface area contributed by atoms with Gasteiger partial charge in [-0.05, 0) is 139 Å². The van der Waals surface area contributed by atoms with Gasteiger partial charge in [-0.25, -0.2) is 0 Å². The highest BCUT2D eigenvalue weighted by atomic mass is 32.1. The van der Waals surface area contributed by atoms with Gasteiger partial charge < -0.3 is 9.32 Å². The van der Waals surface area contributed by atoms with Crippen molar-refractivity contribution in [2.75, 3.05) is 4.90 Å². The topological polar surface area (TPSA) is 16.4 Å². The molecule has 0 unspecified atom stereocenters. The molecule has 14 aromatic rings. The van der Waals surface area contributed by atoms with Crippen LogP contribution in [0.15, 0.2) is 290 Å². The minimum absolute atomic E-state index is 0.532. The van der Waals surface area contributed by atoms with Gasteiger partial charge in [-0.3, -0.25) is 0 Å². The Bertz CT molecular complexity index is 4470. The molecule has 2 aromatic heterocycles. The van der Waals surface area contributed by atoms with E-state index in [4.69, 9.17) is 4.42 Å². The molecule has 3 heteroatoms. The van der Waals surface area contributed by atoms with Gasteiger partial charge in [-0.1, -0.05) is 218 Å². The number of fused-ring (bicyclic) bond motifs is 9. The Hall–Kier alpha value is -9.54. The highest BCUT2D eigenvalue weighted by molar-refractivity contribution is 7.26. The largest absolute Gasteiger partial charge is 0.456 e. The van der Waals surface area contributed by atoms with Gasteiger partial charge >= 0.3 is 0 Å². The van der Waals surface area contributed by atoms with Crippen LogP contribution in [-0.2, 0) is 5.41 Å². The van der Waals surface area contributed by atoms with E-state index in [9.17, 15) is 0 Å². The first-order valence-electron chi connectivity index (χ1n) is 26.1. The fourth-order valence-electron chi connectivity index (χ4n) is 12.3. The zero-order chi connectivity index (χ0) is 50.2. The van der Waals surface area contributed by atoms with E-state index >= 15 is 0 Å². The van der Waals surface area contributed by atoms with E-state index in [-0.39, 0.29) is 0 Å². The fourth-order valence-corrected chi connectivity index (χ4v) is 13.6. The van der Waals surface area contributed by atoms with E-state index in [1.54, 1.807) is 0 Å². The number of nitrogens with zero attached hydrogens (tertiary/aromatic N) is 1. The van der Waals surface area contributed by atoms with Crippen molar-refractivity contribution < 1.29 is 4.42 Å². The van der Waals surface area contributed by atoms with Gasteiger partial charge in [0.1, 0.15) is 11.2 Å². The molecule has 0 atom stereocenters. The Balaban J connectivity index is 0.862. The van der Waals surface area contributed by atoms with Crippen molar-refractivity contribution >= 4 is 70.5 Å². The van der Waals surface area contributed by atoms with E-state index in [1.807, 2.05) is 23.5 Å². The molecule has 0 saturated heterocycles. The van der Waals surface area contributed by atoms with Crippen LogP contribution < -0.4 is 4.90 Å². The second kappa shape index (κ2) is 17.8. The van der Waals surface area contributed by atoms with Gasteiger partial charge in [0, 0.05) is 47.9 Å². The first-order valence-corrected chi connectivity index (χ1v) is 26.9. The molecule has 0 N–H and O–H groups in total. The molecule has 0 spiro atoms. The maximum absolute atomic E-state index is 6.18. The molecule has 1 aliphatic rings. The molecule has 1 aliphatic carbocycles. The van der Waals surface area contributed by atoms with Crippen LogP contribution in [0.4, 0.5) is 17.1 Å². The number of anilines is 3. The van der Waals surface area contributed by atoms with Crippen molar-refractivity contribution in [3.05, 3.63) is 307 Å². The second-order valence-electron chi connectivity index (χ2n) is 19.9. The van der Waals surface area contributed by atoms with Crippen LogP contribution in [0.1, 0.15) is 22.3 Å². The third-order valence-electron chi connectivity index (χ3n) is 15.8. The Morgan fingerprint density at radius 1 is 0.316 bits per heavy atom. The van der Waals surface area contributed by atoms with Crippen molar-refractivity contribution in [2.45, 2.75) is 5.41 Å². The SMILES string of the molecule is c1ccc(C2(c3ccccc3)c3ccccc3-c3c(N(c4ccc(-c5cccc(-c6ccc7oc8ccccc8c7c6)c5)cc4)c4ccc(-c5cccc(-c6cccc7c6sc6ccccc67)c5)cc4)cccc32)cc1. The number of thiophene rings is 1. The molecule has 0 fully saturated rings. The third-order valence-corrected chi connectivity index (χ3v) is 17.0. The molecule has 0 radical (unpaired) electrons. The summed E-state index contributed by atoms with van der Waals surface area (Å²) in [7, 11) is 0. The normalized spacial score (nSPS) is 12.6. The quantitative estimate of drug-likeness (QED) is 0.143. The van der Waals surface area contributed by atoms with Crippen LogP contribution in [0.3, 0.4) is 0 Å². The summed E-state index contributed by atoms with van der Waals surface area (Å²) in [4.78, 5) is 2.47. The second-order valence-corrected chi connectivity index (χ2v) is 21.0. The van der Waals surface area contributed by atoms with Gasteiger partial charge in [0.15, 0.2) is 0 Å². The van der Waals surface area contributed by atoms with Gasteiger partial charge in [0.25, 0.3) is 0 Å². The predicted octanol–water partition coefficient (Wildman–Crippen LogP) is 20.5. The lowest BCUT2D eigenvalue weighted by Crippen LogP contribution is -2.28. The van der Waals surface area contributed by atoms with Crippen molar-refractivity contribution in [2.24, 2.45) is 0 Å². The maximum Gasteiger partial charge on any atom is 0.135 e. The van der Waals surface area contributed by atoms with Crippen molar-refractivity contribution in [3.63, 3.8) is 0 Å². The van der Waals surface area contributed by atoms with E-state index < -0.39 is 5.41 Å². The third kappa shape index (κ3) is 7.01. The standard InChI is InChI=1S/C73H47NOS/c1-3-21-55(22-4-1)73(56-23-5-2-6-24-56)65-30-10-7-27-63(65)71-66(73)31-16-32-67(71)74(57-40-35-48(36-41-57)50-17-13-19-52(45-50)53-39-44-69-64(47-53)60-25-8-11-33-68(60)75-69)58-42-37-49(38-43-58)51-18-14-20-54(46-51)59-28-15-29-62-61-26-9-12-34-70(61)76-72(59)62/h1-47H. The summed E-state index contributed by atoms with van der Waals surface area (Å²) < 4.78 is 8.83. The van der Waals surface area contributed by atoms with E-state index in [0.29, 0.717) is 0 Å². The summed E-state index contributed by atoms with van der Waals surface area (Å²) >= 11 is 1.88. The summed E-state index contributed by atoms with van der Waals surface area (Å²) in [6.45, 7) is 0. The fraction of sp³-hybridized carbons (Fsp3) is 0.0137. The molecule has 0 saturated carbocycles. The van der Waals surface area contributed by atoms with Crippen LogP contribution in [0.25, 0.3) is 97.7 Å². The van der Waals surface area contributed by atoms with Gasteiger partial charge in [0.05, 0.1) is 11.1 Å². The molecule has 2 nitrogen and oxygen atoms in total. The molecule has 12 aromatic carbocycles. The lowest BCUT2D eigenvalue weighted by atomic mass is 9.68. The summed E-state index contributed by atoms with van der Waals surface area (Å²) in [5.41, 5.74) is 21.6. The minimum Gasteiger partial charge on any atom is -0.456 e. The van der Waals surface area contributed by atoms with E-state index in [0.717, 1.165) is 61.3 Å². The monoisotopic (exact) mass is 985 g/mol. The lowest BCUT2D eigenvalue weighted by Gasteiger charge is -2.34. The minimum atomic E-state index is -0.532. The van der Waals surface area contributed by atoms with Gasteiger partial charge in [-0.2, -0.15) is 0 Å². The number of hydrogen-bond donors (Lipinski definition) is 0. The van der Waals surface area contributed by atoms with Gasteiger partial charge in [-0.15, -0.1) is 11.3 Å². The summed E-state index contributed by atoms with van der Waals surface area (Å²) in [6, 6.07) is 105. The predicted molar refractivity (Wildman–Crippen MR) is 320 cm³/mol. The lowest BCUT2D eigenvalue weighted by molar-refractivity contribution is 0.669. The van der Waals surface area contributed by atoms with Crippen LogP contribution in [-0.4, -0.2) is 0 Å². The number of furan rings is 1. The Morgan fingerprint density at radius 2 is 0.816 bits per heavy atom. The van der Waals surface area contributed by atoms with Crippen LogP contribution in [0.2, 0.25) is 0 Å². The van der Waals surface area contributed by atoms with Crippen molar-refractivity contribution in [1.82, 2.24) is 0 Å². The van der Waals surface area contributed by atoms with Crippen molar-refractivity contribution in [3.8, 4) is 55.6 Å². The Labute approximate surface area is 445 Å². The van der Waals surface area contributed by atoms with Crippen LogP contribution in [0.5, 0.6) is 0 Å². The Morgan fingerprint density at radius 3 is 1.54 bits per heavy atom. The molecule has 76 heavy (non-hydrogen) atoms. The summed E-state index contributed by atoms with van der Waals surface area (Å²) in [5.74, 6) is 0. The van der Waals surface area contributed by atoms with E-state index in [1.165, 1.54) is 75.8 Å². The molecule has 356 valence electrons. The zero-order valence-corrected chi connectivity index (χ0v) is 42.2. The molecular formula is C73H47NOS. The zero-order valence-electron chi connectivity index (χ0n) is 41.4. The summed E-state index contributed by atoms with van der Waals surface area (Å²) in [6.07, 6.45) is 0. The summed E-state index contributed by atoms with van der Waals surface area (Å²) in [5, 5.41) is 4.89. The number of para-hydroxylation sites is 1. The molecular weight excluding hydrogens is 939 g/mol. The highest BCUT2D eigenvalue weighted by Gasteiger charge is 2.47. The molecule has 0 amide bonds.